The summed E-state index contributed by atoms with van der Waals surface area (Å²) in [5.74, 6) is 0.238. The van der Waals surface area contributed by atoms with Gasteiger partial charge in [-0.25, -0.2) is 0 Å². The van der Waals surface area contributed by atoms with Gasteiger partial charge in [0.1, 0.15) is 0 Å². The van der Waals surface area contributed by atoms with Gasteiger partial charge in [0.2, 0.25) is 5.91 Å². The van der Waals surface area contributed by atoms with Crippen molar-refractivity contribution in [3.63, 3.8) is 0 Å². The maximum atomic E-state index is 12.3. The molecule has 0 aromatic heterocycles. The predicted octanol–water partition coefficient (Wildman–Crippen LogP) is 1.70. The molecular formula is C14H28N2O2. The Morgan fingerprint density at radius 2 is 2.00 bits per heavy atom. The predicted molar refractivity (Wildman–Crippen MR) is 73.6 cm³/mol. The van der Waals surface area contributed by atoms with E-state index in [0.717, 1.165) is 65.0 Å². The number of hydrogen-bond donors (Lipinski definition) is 2. The Bertz CT molecular complexity index is 238. The van der Waals surface area contributed by atoms with E-state index in [2.05, 4.69) is 24.5 Å². The SMILES string of the molecule is CCCOCCCNC(=O)C1(CC)CCNCC1. The highest BCUT2D eigenvalue weighted by atomic mass is 16.5. The Hall–Kier alpha value is -0.610. The van der Waals surface area contributed by atoms with Crippen molar-refractivity contribution in [3.05, 3.63) is 0 Å². The van der Waals surface area contributed by atoms with Gasteiger partial charge in [-0.15, -0.1) is 0 Å². The molecule has 1 heterocycles. The summed E-state index contributed by atoms with van der Waals surface area (Å²) < 4.78 is 5.40. The van der Waals surface area contributed by atoms with Gasteiger partial charge >= 0.3 is 0 Å². The highest BCUT2D eigenvalue weighted by Gasteiger charge is 2.37. The molecule has 0 aromatic rings. The summed E-state index contributed by atoms with van der Waals surface area (Å²) in [5, 5.41) is 6.39. The van der Waals surface area contributed by atoms with Gasteiger partial charge in [0.25, 0.3) is 0 Å². The minimum absolute atomic E-state index is 0.129. The fourth-order valence-electron chi connectivity index (χ4n) is 2.46. The van der Waals surface area contributed by atoms with Gasteiger partial charge in [0.15, 0.2) is 0 Å². The molecule has 1 aliphatic heterocycles. The first-order valence-electron chi connectivity index (χ1n) is 7.32. The Labute approximate surface area is 111 Å². The Kier molecular flexibility index (Phi) is 7.28. The number of carbonyl (C=O) groups is 1. The normalized spacial score (nSPS) is 18.6. The highest BCUT2D eigenvalue weighted by Crippen LogP contribution is 2.32. The summed E-state index contributed by atoms with van der Waals surface area (Å²) in [6.45, 7) is 8.44. The summed E-state index contributed by atoms with van der Waals surface area (Å²) in [4.78, 5) is 12.3. The van der Waals surface area contributed by atoms with E-state index in [4.69, 9.17) is 4.74 Å². The molecule has 0 atom stereocenters. The van der Waals surface area contributed by atoms with E-state index in [1.165, 1.54) is 0 Å². The van der Waals surface area contributed by atoms with Crippen LogP contribution in [0.25, 0.3) is 0 Å². The molecular weight excluding hydrogens is 228 g/mol. The molecule has 0 radical (unpaired) electrons. The van der Waals surface area contributed by atoms with E-state index in [1.807, 2.05) is 0 Å². The molecule has 0 unspecified atom stereocenters. The Balaban J connectivity index is 2.21. The van der Waals surface area contributed by atoms with Crippen LogP contribution >= 0.6 is 0 Å². The number of piperidine rings is 1. The lowest BCUT2D eigenvalue weighted by Gasteiger charge is -2.35. The summed E-state index contributed by atoms with van der Waals surface area (Å²) in [7, 11) is 0. The largest absolute Gasteiger partial charge is 0.381 e. The van der Waals surface area contributed by atoms with Gasteiger partial charge in [-0.1, -0.05) is 13.8 Å². The van der Waals surface area contributed by atoms with E-state index in [0.29, 0.717) is 0 Å². The first-order valence-corrected chi connectivity index (χ1v) is 7.32. The number of ether oxygens (including phenoxy) is 1. The van der Waals surface area contributed by atoms with Crippen molar-refractivity contribution in [2.75, 3.05) is 32.8 Å². The molecule has 1 fully saturated rings. The van der Waals surface area contributed by atoms with Gasteiger partial charge in [0, 0.05) is 19.8 Å². The van der Waals surface area contributed by atoms with Crippen LogP contribution in [0.3, 0.4) is 0 Å². The molecule has 1 rings (SSSR count). The number of nitrogens with one attached hydrogen (secondary N) is 2. The van der Waals surface area contributed by atoms with Gasteiger partial charge in [-0.05, 0) is 45.2 Å². The molecule has 0 bridgehead atoms. The minimum Gasteiger partial charge on any atom is -0.381 e. The molecule has 1 saturated heterocycles. The molecule has 18 heavy (non-hydrogen) atoms. The molecule has 1 aliphatic rings. The maximum Gasteiger partial charge on any atom is 0.226 e. The van der Waals surface area contributed by atoms with Crippen LogP contribution in [0.15, 0.2) is 0 Å². The second-order valence-corrected chi connectivity index (χ2v) is 5.11. The third kappa shape index (κ3) is 4.58. The van der Waals surface area contributed by atoms with Gasteiger partial charge in [-0.2, -0.15) is 0 Å². The topological polar surface area (TPSA) is 50.4 Å². The fraction of sp³-hybridized carbons (Fsp3) is 0.929. The lowest BCUT2D eigenvalue weighted by molar-refractivity contribution is -0.132. The van der Waals surface area contributed by atoms with Crippen LogP contribution in [0, 0.1) is 5.41 Å². The van der Waals surface area contributed by atoms with Crippen molar-refractivity contribution in [1.29, 1.82) is 0 Å². The molecule has 2 N–H and O–H groups in total. The second-order valence-electron chi connectivity index (χ2n) is 5.11. The molecule has 0 saturated carbocycles. The quantitative estimate of drug-likeness (QED) is 0.650. The molecule has 0 aromatic carbocycles. The van der Waals surface area contributed by atoms with Crippen molar-refractivity contribution in [2.45, 2.75) is 46.0 Å². The van der Waals surface area contributed by atoms with Crippen LogP contribution in [0.1, 0.15) is 46.0 Å². The van der Waals surface area contributed by atoms with Crippen LogP contribution < -0.4 is 10.6 Å². The maximum absolute atomic E-state index is 12.3. The first-order chi connectivity index (χ1) is 8.75. The molecule has 106 valence electrons. The molecule has 1 amide bonds. The fourth-order valence-corrected chi connectivity index (χ4v) is 2.46. The average molecular weight is 256 g/mol. The second kappa shape index (κ2) is 8.48. The van der Waals surface area contributed by atoms with Crippen LogP contribution in [0.2, 0.25) is 0 Å². The van der Waals surface area contributed by atoms with Crippen molar-refractivity contribution in [3.8, 4) is 0 Å². The summed E-state index contributed by atoms with van der Waals surface area (Å²) >= 11 is 0. The molecule has 0 aliphatic carbocycles. The standard InChI is InChI=1S/C14H28N2O2/c1-3-11-18-12-5-8-16-13(17)14(4-2)6-9-15-10-7-14/h15H,3-12H2,1-2H3,(H,16,17). The summed E-state index contributed by atoms with van der Waals surface area (Å²) in [6.07, 6.45) is 4.82. The third-order valence-electron chi connectivity index (χ3n) is 3.82. The summed E-state index contributed by atoms with van der Waals surface area (Å²) in [6, 6.07) is 0. The van der Waals surface area contributed by atoms with E-state index in [-0.39, 0.29) is 11.3 Å². The summed E-state index contributed by atoms with van der Waals surface area (Å²) in [5.41, 5.74) is -0.129. The molecule has 4 nitrogen and oxygen atoms in total. The van der Waals surface area contributed by atoms with Crippen molar-refractivity contribution < 1.29 is 9.53 Å². The lowest BCUT2D eigenvalue weighted by atomic mass is 9.76. The van der Waals surface area contributed by atoms with E-state index in [9.17, 15) is 4.79 Å². The number of hydrogen-bond acceptors (Lipinski definition) is 3. The smallest absolute Gasteiger partial charge is 0.226 e. The zero-order chi connectivity index (χ0) is 13.3. The van der Waals surface area contributed by atoms with Crippen LogP contribution in [0.4, 0.5) is 0 Å². The Morgan fingerprint density at radius 1 is 1.28 bits per heavy atom. The minimum atomic E-state index is -0.129. The van der Waals surface area contributed by atoms with Crippen molar-refractivity contribution >= 4 is 5.91 Å². The third-order valence-corrected chi connectivity index (χ3v) is 3.82. The highest BCUT2D eigenvalue weighted by molar-refractivity contribution is 5.82. The average Bonchev–Trinajstić information content (AvgIpc) is 2.43. The van der Waals surface area contributed by atoms with Gasteiger partial charge in [0.05, 0.1) is 5.41 Å². The van der Waals surface area contributed by atoms with Crippen LogP contribution in [0.5, 0.6) is 0 Å². The zero-order valence-electron chi connectivity index (χ0n) is 11.9. The van der Waals surface area contributed by atoms with Crippen LogP contribution in [-0.4, -0.2) is 38.8 Å². The number of carbonyl (C=O) groups excluding carboxylic acids is 1. The van der Waals surface area contributed by atoms with E-state index >= 15 is 0 Å². The molecule has 4 heteroatoms. The van der Waals surface area contributed by atoms with E-state index in [1.54, 1.807) is 0 Å². The van der Waals surface area contributed by atoms with Gasteiger partial charge in [-0.3, -0.25) is 4.79 Å². The van der Waals surface area contributed by atoms with Crippen molar-refractivity contribution in [2.24, 2.45) is 5.41 Å². The monoisotopic (exact) mass is 256 g/mol. The van der Waals surface area contributed by atoms with Crippen LogP contribution in [-0.2, 0) is 9.53 Å². The zero-order valence-corrected chi connectivity index (χ0v) is 11.9. The van der Waals surface area contributed by atoms with Crippen molar-refractivity contribution in [1.82, 2.24) is 10.6 Å². The number of amides is 1. The number of rotatable bonds is 8. The van der Waals surface area contributed by atoms with E-state index < -0.39 is 0 Å². The molecule has 0 spiro atoms. The van der Waals surface area contributed by atoms with Gasteiger partial charge < -0.3 is 15.4 Å². The lowest BCUT2D eigenvalue weighted by Crippen LogP contribution is -2.47. The first kappa shape index (κ1) is 15.4. The Morgan fingerprint density at radius 3 is 2.61 bits per heavy atom.